The maximum Gasteiger partial charge on any atom is 0.0104 e. The second-order valence-electron chi connectivity index (χ2n) is 7.30. The number of nitrogens with one attached hydrogen (secondary N) is 1. The van der Waals surface area contributed by atoms with Gasteiger partial charge in [0, 0.05) is 19.1 Å². The van der Waals surface area contributed by atoms with E-state index < -0.39 is 0 Å². The van der Waals surface area contributed by atoms with Crippen molar-refractivity contribution in [2.75, 3.05) is 47.3 Å². The molecule has 3 nitrogen and oxygen atoms in total. The van der Waals surface area contributed by atoms with Crippen molar-refractivity contribution in [2.24, 2.45) is 11.8 Å². The van der Waals surface area contributed by atoms with Gasteiger partial charge in [-0.1, -0.05) is 19.3 Å². The lowest BCUT2D eigenvalue weighted by Gasteiger charge is -2.37. The van der Waals surface area contributed by atoms with E-state index in [1.165, 1.54) is 71.1 Å². The fraction of sp³-hybridized carbons (Fsp3) is 1.00. The van der Waals surface area contributed by atoms with Gasteiger partial charge in [0.05, 0.1) is 0 Å². The Labute approximate surface area is 126 Å². The van der Waals surface area contributed by atoms with E-state index in [4.69, 9.17) is 0 Å². The molecule has 2 fully saturated rings. The molecule has 2 unspecified atom stereocenters. The normalized spacial score (nSPS) is 30.6. The second-order valence-corrected chi connectivity index (χ2v) is 7.30. The molecule has 0 bridgehead atoms. The van der Waals surface area contributed by atoms with E-state index in [1.807, 2.05) is 0 Å². The van der Waals surface area contributed by atoms with Crippen LogP contribution in [-0.2, 0) is 0 Å². The zero-order chi connectivity index (χ0) is 14.4. The van der Waals surface area contributed by atoms with Crippen molar-refractivity contribution in [1.29, 1.82) is 0 Å². The fourth-order valence-electron chi connectivity index (χ4n) is 4.18. The molecule has 20 heavy (non-hydrogen) atoms. The van der Waals surface area contributed by atoms with Crippen LogP contribution in [0.25, 0.3) is 0 Å². The van der Waals surface area contributed by atoms with Gasteiger partial charge in [0.15, 0.2) is 0 Å². The lowest BCUT2D eigenvalue weighted by molar-refractivity contribution is 0.131. The number of piperidine rings is 1. The van der Waals surface area contributed by atoms with Crippen LogP contribution in [0.15, 0.2) is 0 Å². The Morgan fingerprint density at radius 1 is 1.00 bits per heavy atom. The third-order valence-electron chi connectivity index (χ3n) is 5.35. The first-order valence-electron chi connectivity index (χ1n) is 8.73. The van der Waals surface area contributed by atoms with E-state index in [-0.39, 0.29) is 0 Å². The van der Waals surface area contributed by atoms with Gasteiger partial charge in [0.2, 0.25) is 0 Å². The SMILES string of the molecule is CNC1CCCCCC1CN1CCC(CN(C)C)CC1. The van der Waals surface area contributed by atoms with Crippen molar-refractivity contribution in [3.05, 3.63) is 0 Å². The van der Waals surface area contributed by atoms with Crippen LogP contribution in [0.2, 0.25) is 0 Å². The minimum absolute atomic E-state index is 0.761. The third-order valence-corrected chi connectivity index (χ3v) is 5.35. The molecule has 1 heterocycles. The highest BCUT2D eigenvalue weighted by Crippen LogP contribution is 2.26. The van der Waals surface area contributed by atoms with E-state index in [0.29, 0.717) is 0 Å². The predicted molar refractivity (Wildman–Crippen MR) is 87.1 cm³/mol. The van der Waals surface area contributed by atoms with E-state index in [9.17, 15) is 0 Å². The highest BCUT2D eigenvalue weighted by atomic mass is 15.1. The van der Waals surface area contributed by atoms with Crippen LogP contribution in [0.1, 0.15) is 44.9 Å². The summed E-state index contributed by atoms with van der Waals surface area (Å²) in [4.78, 5) is 5.09. The first-order chi connectivity index (χ1) is 9.69. The third kappa shape index (κ3) is 5.01. The van der Waals surface area contributed by atoms with E-state index in [2.05, 4.69) is 36.3 Å². The van der Waals surface area contributed by atoms with Gasteiger partial charge < -0.3 is 15.1 Å². The van der Waals surface area contributed by atoms with Crippen LogP contribution in [-0.4, -0.2) is 63.2 Å². The Morgan fingerprint density at radius 3 is 2.35 bits per heavy atom. The largest absolute Gasteiger partial charge is 0.317 e. The Kier molecular flexibility index (Phi) is 6.79. The first-order valence-corrected chi connectivity index (χ1v) is 8.73. The molecule has 118 valence electrons. The molecule has 1 saturated heterocycles. The fourth-order valence-corrected chi connectivity index (χ4v) is 4.18. The second kappa shape index (κ2) is 8.35. The highest BCUT2D eigenvalue weighted by Gasteiger charge is 2.26. The number of likely N-dealkylation sites (tertiary alicyclic amines) is 1. The summed E-state index contributed by atoms with van der Waals surface area (Å²) in [5, 5.41) is 3.59. The van der Waals surface area contributed by atoms with Crippen LogP contribution < -0.4 is 5.32 Å². The summed E-state index contributed by atoms with van der Waals surface area (Å²) in [7, 11) is 6.57. The van der Waals surface area contributed by atoms with Crippen LogP contribution in [0.4, 0.5) is 0 Å². The molecule has 1 aliphatic carbocycles. The van der Waals surface area contributed by atoms with Gasteiger partial charge in [-0.2, -0.15) is 0 Å². The van der Waals surface area contributed by atoms with Crippen LogP contribution in [0.3, 0.4) is 0 Å². The molecule has 1 aliphatic heterocycles. The van der Waals surface area contributed by atoms with Gasteiger partial charge >= 0.3 is 0 Å². The molecule has 2 aliphatic rings. The molecule has 2 rings (SSSR count). The number of rotatable bonds is 5. The van der Waals surface area contributed by atoms with Crippen molar-refractivity contribution < 1.29 is 0 Å². The van der Waals surface area contributed by atoms with Crippen LogP contribution >= 0.6 is 0 Å². The molecule has 0 aromatic heterocycles. The van der Waals surface area contributed by atoms with E-state index in [1.54, 1.807) is 0 Å². The molecule has 0 aromatic rings. The van der Waals surface area contributed by atoms with Gasteiger partial charge in [-0.05, 0) is 71.8 Å². The molecular weight excluding hydrogens is 246 g/mol. The number of hydrogen-bond acceptors (Lipinski definition) is 3. The molecule has 2 atom stereocenters. The van der Waals surface area contributed by atoms with Crippen molar-refractivity contribution >= 4 is 0 Å². The number of nitrogens with zero attached hydrogens (tertiary/aromatic N) is 2. The molecule has 0 amide bonds. The van der Waals surface area contributed by atoms with Gasteiger partial charge in [-0.15, -0.1) is 0 Å². The van der Waals surface area contributed by atoms with Gasteiger partial charge in [-0.3, -0.25) is 0 Å². The maximum absolute atomic E-state index is 3.59. The molecule has 0 spiro atoms. The summed E-state index contributed by atoms with van der Waals surface area (Å²) in [6, 6.07) is 0.761. The molecule has 1 N–H and O–H groups in total. The molecule has 1 saturated carbocycles. The lowest BCUT2D eigenvalue weighted by Crippen LogP contribution is -2.44. The minimum atomic E-state index is 0.761. The van der Waals surface area contributed by atoms with Gasteiger partial charge in [0.25, 0.3) is 0 Å². The van der Waals surface area contributed by atoms with Gasteiger partial charge in [0.1, 0.15) is 0 Å². The summed E-state index contributed by atoms with van der Waals surface area (Å²) < 4.78 is 0. The Bertz CT molecular complexity index is 259. The average Bonchev–Trinajstić information content (AvgIpc) is 2.65. The molecular formula is C17H35N3. The smallest absolute Gasteiger partial charge is 0.0104 e. The van der Waals surface area contributed by atoms with Gasteiger partial charge in [-0.25, -0.2) is 0 Å². The Balaban J connectivity index is 1.75. The summed E-state index contributed by atoms with van der Waals surface area (Å²) in [6.45, 7) is 5.26. The molecule has 0 aromatic carbocycles. The average molecular weight is 281 g/mol. The Hall–Kier alpha value is -0.120. The van der Waals surface area contributed by atoms with Crippen molar-refractivity contribution in [1.82, 2.24) is 15.1 Å². The van der Waals surface area contributed by atoms with Crippen molar-refractivity contribution in [3.8, 4) is 0 Å². The summed E-state index contributed by atoms with van der Waals surface area (Å²) in [6.07, 6.45) is 9.93. The van der Waals surface area contributed by atoms with Crippen molar-refractivity contribution in [2.45, 2.75) is 51.0 Å². The monoisotopic (exact) mass is 281 g/mol. The lowest BCUT2D eigenvalue weighted by atomic mass is 9.91. The van der Waals surface area contributed by atoms with Crippen molar-refractivity contribution in [3.63, 3.8) is 0 Å². The summed E-state index contributed by atoms with van der Waals surface area (Å²) in [5.41, 5.74) is 0. The first kappa shape index (κ1) is 16.3. The molecule has 3 heteroatoms. The van der Waals surface area contributed by atoms with E-state index in [0.717, 1.165) is 17.9 Å². The highest BCUT2D eigenvalue weighted by molar-refractivity contribution is 4.83. The standard InChI is InChI=1S/C17H35N3/c1-18-17-8-6-4-5-7-16(17)14-20-11-9-15(10-12-20)13-19(2)3/h15-18H,4-14H2,1-3H3. The number of hydrogen-bond donors (Lipinski definition) is 1. The topological polar surface area (TPSA) is 18.5 Å². The summed E-state index contributed by atoms with van der Waals surface area (Å²) >= 11 is 0. The predicted octanol–water partition coefficient (Wildman–Crippen LogP) is 2.43. The zero-order valence-corrected chi connectivity index (χ0v) is 13.9. The Morgan fingerprint density at radius 2 is 1.70 bits per heavy atom. The summed E-state index contributed by atoms with van der Waals surface area (Å²) in [5.74, 6) is 1.81. The van der Waals surface area contributed by atoms with Crippen LogP contribution in [0, 0.1) is 11.8 Å². The maximum atomic E-state index is 3.59. The van der Waals surface area contributed by atoms with Crippen LogP contribution in [0.5, 0.6) is 0 Å². The quantitative estimate of drug-likeness (QED) is 0.781. The van der Waals surface area contributed by atoms with E-state index >= 15 is 0 Å². The zero-order valence-electron chi connectivity index (χ0n) is 13.9. The molecule has 0 radical (unpaired) electrons. The minimum Gasteiger partial charge on any atom is -0.317 e.